The maximum absolute atomic E-state index is 13.0. The monoisotopic (exact) mass is 343 g/mol. The van der Waals surface area contributed by atoms with E-state index in [0.717, 1.165) is 21.3 Å². The van der Waals surface area contributed by atoms with Gasteiger partial charge in [0.25, 0.3) is 0 Å². The predicted molar refractivity (Wildman–Crippen MR) is 93.6 cm³/mol. The molecule has 0 bridgehead atoms. The molecule has 24 heavy (non-hydrogen) atoms. The predicted octanol–water partition coefficient (Wildman–Crippen LogP) is 3.80. The molecule has 2 aromatic carbocycles. The van der Waals surface area contributed by atoms with Crippen LogP contribution in [-0.2, 0) is 6.42 Å². The number of benzene rings is 2. The van der Waals surface area contributed by atoms with Gasteiger partial charge in [0, 0.05) is 13.0 Å². The quantitative estimate of drug-likeness (QED) is 0.685. The SMILES string of the molecule is OCC[C@@H](Nc1nnc(Cc2ccc(F)cc2)s1)c1ccccc1. The molecule has 0 unspecified atom stereocenters. The van der Waals surface area contributed by atoms with Crippen LogP contribution >= 0.6 is 11.3 Å². The minimum absolute atomic E-state index is 0.0113. The van der Waals surface area contributed by atoms with Gasteiger partial charge in [0.15, 0.2) is 0 Å². The summed E-state index contributed by atoms with van der Waals surface area (Å²) in [7, 11) is 0. The van der Waals surface area contributed by atoms with E-state index in [2.05, 4.69) is 15.5 Å². The molecule has 2 N–H and O–H groups in total. The summed E-state index contributed by atoms with van der Waals surface area (Å²) in [5, 5.41) is 22.6. The highest BCUT2D eigenvalue weighted by Gasteiger charge is 2.13. The molecule has 0 spiro atoms. The molecule has 0 fully saturated rings. The van der Waals surface area contributed by atoms with Gasteiger partial charge >= 0.3 is 0 Å². The Balaban J connectivity index is 1.68. The minimum atomic E-state index is -0.243. The average Bonchev–Trinajstić information content (AvgIpc) is 3.04. The molecule has 3 aromatic rings. The largest absolute Gasteiger partial charge is 0.396 e. The first-order chi connectivity index (χ1) is 11.7. The molecule has 1 heterocycles. The number of anilines is 1. The maximum atomic E-state index is 13.0. The van der Waals surface area contributed by atoms with E-state index in [-0.39, 0.29) is 18.5 Å². The molecule has 0 aliphatic heterocycles. The Hall–Kier alpha value is -2.31. The van der Waals surface area contributed by atoms with Crippen LogP contribution in [0, 0.1) is 5.82 Å². The van der Waals surface area contributed by atoms with Crippen LogP contribution in [0.1, 0.15) is 28.6 Å². The van der Waals surface area contributed by atoms with Gasteiger partial charge in [0.05, 0.1) is 6.04 Å². The minimum Gasteiger partial charge on any atom is -0.396 e. The van der Waals surface area contributed by atoms with Crippen molar-refractivity contribution in [2.24, 2.45) is 0 Å². The number of halogens is 1. The summed E-state index contributed by atoms with van der Waals surface area (Å²) in [6.45, 7) is 0.0911. The number of hydrogen-bond donors (Lipinski definition) is 2. The summed E-state index contributed by atoms with van der Waals surface area (Å²) in [5.74, 6) is -0.243. The lowest BCUT2D eigenvalue weighted by molar-refractivity contribution is 0.280. The average molecular weight is 343 g/mol. The second-order valence-corrected chi connectivity index (χ2v) is 6.49. The molecule has 4 nitrogen and oxygen atoms in total. The number of rotatable bonds is 7. The number of aliphatic hydroxyl groups is 1. The molecule has 6 heteroatoms. The molecular weight excluding hydrogens is 325 g/mol. The summed E-state index contributed by atoms with van der Waals surface area (Å²) >= 11 is 1.47. The molecule has 0 saturated heterocycles. The Morgan fingerprint density at radius 1 is 1.04 bits per heavy atom. The van der Waals surface area contributed by atoms with E-state index in [1.807, 2.05) is 30.3 Å². The number of aromatic nitrogens is 2. The Morgan fingerprint density at radius 3 is 2.50 bits per heavy atom. The Bertz CT molecular complexity index is 761. The second kappa shape index (κ2) is 7.99. The van der Waals surface area contributed by atoms with Gasteiger partial charge in [-0.05, 0) is 29.7 Å². The van der Waals surface area contributed by atoms with Crippen LogP contribution in [0.25, 0.3) is 0 Å². The van der Waals surface area contributed by atoms with Crippen molar-refractivity contribution in [1.82, 2.24) is 10.2 Å². The first kappa shape index (κ1) is 16.5. The van der Waals surface area contributed by atoms with Gasteiger partial charge in [-0.15, -0.1) is 10.2 Å². The van der Waals surface area contributed by atoms with Crippen LogP contribution in [0.2, 0.25) is 0 Å². The number of nitrogens with zero attached hydrogens (tertiary/aromatic N) is 2. The van der Waals surface area contributed by atoms with Crippen molar-refractivity contribution in [1.29, 1.82) is 0 Å². The van der Waals surface area contributed by atoms with Gasteiger partial charge in [0.2, 0.25) is 5.13 Å². The van der Waals surface area contributed by atoms with E-state index in [1.165, 1.54) is 23.5 Å². The van der Waals surface area contributed by atoms with Crippen LogP contribution < -0.4 is 5.32 Å². The van der Waals surface area contributed by atoms with Gasteiger partial charge < -0.3 is 10.4 Å². The highest BCUT2D eigenvalue weighted by Crippen LogP contribution is 2.25. The van der Waals surface area contributed by atoms with Gasteiger partial charge in [-0.2, -0.15) is 0 Å². The van der Waals surface area contributed by atoms with Gasteiger partial charge in [-0.1, -0.05) is 53.8 Å². The number of hydrogen-bond acceptors (Lipinski definition) is 5. The summed E-state index contributed by atoms with van der Waals surface area (Å²) < 4.78 is 13.0. The van der Waals surface area contributed by atoms with Crippen molar-refractivity contribution >= 4 is 16.5 Å². The second-order valence-electron chi connectivity index (χ2n) is 5.42. The zero-order chi connectivity index (χ0) is 16.8. The molecular formula is C18H18FN3OS. The molecule has 0 saturated carbocycles. The fraction of sp³-hybridized carbons (Fsp3) is 0.222. The van der Waals surface area contributed by atoms with Gasteiger partial charge in [-0.25, -0.2) is 4.39 Å². The third-order valence-electron chi connectivity index (χ3n) is 3.65. The summed E-state index contributed by atoms with van der Waals surface area (Å²) in [6, 6.07) is 16.3. The van der Waals surface area contributed by atoms with Crippen LogP contribution in [0.3, 0.4) is 0 Å². The lowest BCUT2D eigenvalue weighted by atomic mass is 10.0. The topological polar surface area (TPSA) is 58.0 Å². The van der Waals surface area contributed by atoms with Crippen molar-refractivity contribution in [3.8, 4) is 0 Å². The molecule has 1 aromatic heterocycles. The Morgan fingerprint density at radius 2 is 1.79 bits per heavy atom. The van der Waals surface area contributed by atoms with E-state index < -0.39 is 0 Å². The standard InChI is InChI=1S/C18H18FN3OS/c19-15-8-6-13(7-9-15)12-17-21-22-18(24-17)20-16(10-11-23)14-4-2-1-3-5-14/h1-9,16,23H,10-12H2,(H,20,22)/t16-/m1/s1. The Kier molecular flexibility index (Phi) is 5.51. The normalized spacial score (nSPS) is 12.1. The lowest BCUT2D eigenvalue weighted by Crippen LogP contribution is -2.12. The fourth-order valence-electron chi connectivity index (χ4n) is 2.45. The highest BCUT2D eigenvalue weighted by molar-refractivity contribution is 7.15. The molecule has 124 valence electrons. The summed E-state index contributed by atoms with van der Waals surface area (Å²) in [6.07, 6.45) is 1.21. The molecule has 0 aliphatic rings. The van der Waals surface area contributed by atoms with Crippen LogP contribution in [0.4, 0.5) is 9.52 Å². The van der Waals surface area contributed by atoms with Crippen LogP contribution in [0.5, 0.6) is 0 Å². The third kappa shape index (κ3) is 4.37. The van der Waals surface area contributed by atoms with E-state index in [1.54, 1.807) is 12.1 Å². The highest BCUT2D eigenvalue weighted by atomic mass is 32.1. The van der Waals surface area contributed by atoms with Crippen LogP contribution in [-0.4, -0.2) is 21.9 Å². The first-order valence-electron chi connectivity index (χ1n) is 7.74. The van der Waals surface area contributed by atoms with Gasteiger partial charge in [0.1, 0.15) is 10.8 Å². The van der Waals surface area contributed by atoms with E-state index in [0.29, 0.717) is 12.8 Å². The van der Waals surface area contributed by atoms with Gasteiger partial charge in [-0.3, -0.25) is 0 Å². The lowest BCUT2D eigenvalue weighted by Gasteiger charge is -2.17. The summed E-state index contributed by atoms with van der Waals surface area (Å²) in [4.78, 5) is 0. The zero-order valence-corrected chi connectivity index (χ0v) is 13.8. The number of aliphatic hydroxyl groups excluding tert-OH is 1. The smallest absolute Gasteiger partial charge is 0.206 e. The van der Waals surface area contributed by atoms with Crippen molar-refractivity contribution in [3.63, 3.8) is 0 Å². The zero-order valence-electron chi connectivity index (χ0n) is 13.0. The van der Waals surface area contributed by atoms with Crippen LogP contribution in [0.15, 0.2) is 54.6 Å². The van der Waals surface area contributed by atoms with E-state index >= 15 is 0 Å². The first-order valence-corrected chi connectivity index (χ1v) is 8.55. The molecule has 1 atom stereocenters. The Labute approximate surface area is 144 Å². The van der Waals surface area contributed by atoms with Crippen molar-refractivity contribution < 1.29 is 9.50 Å². The fourth-order valence-corrected chi connectivity index (χ4v) is 3.27. The van der Waals surface area contributed by atoms with Crippen molar-refractivity contribution in [3.05, 3.63) is 76.5 Å². The van der Waals surface area contributed by atoms with Crippen molar-refractivity contribution in [2.45, 2.75) is 18.9 Å². The maximum Gasteiger partial charge on any atom is 0.206 e. The molecule has 0 radical (unpaired) electrons. The summed E-state index contributed by atoms with van der Waals surface area (Å²) in [5.41, 5.74) is 2.09. The van der Waals surface area contributed by atoms with Crippen molar-refractivity contribution in [2.75, 3.05) is 11.9 Å². The molecule has 3 rings (SSSR count). The molecule has 0 aliphatic carbocycles. The third-order valence-corrected chi connectivity index (χ3v) is 4.51. The van der Waals surface area contributed by atoms with E-state index in [4.69, 9.17) is 0 Å². The van der Waals surface area contributed by atoms with E-state index in [9.17, 15) is 9.50 Å². The number of nitrogens with one attached hydrogen (secondary N) is 1. The molecule has 0 amide bonds.